The van der Waals surface area contributed by atoms with Crippen LogP contribution in [0, 0.1) is 5.82 Å². The summed E-state index contributed by atoms with van der Waals surface area (Å²) in [5, 5.41) is 7.38. The highest BCUT2D eigenvalue weighted by Crippen LogP contribution is 2.18. The molecule has 0 spiro atoms. The van der Waals surface area contributed by atoms with Gasteiger partial charge in [-0.05, 0) is 17.7 Å². The fourth-order valence-corrected chi connectivity index (χ4v) is 3.21. The van der Waals surface area contributed by atoms with Crippen LogP contribution in [0.4, 0.5) is 10.1 Å². The van der Waals surface area contributed by atoms with Crippen molar-refractivity contribution in [1.29, 1.82) is 0 Å². The van der Waals surface area contributed by atoms with Gasteiger partial charge < -0.3 is 19.9 Å². The zero-order chi connectivity index (χ0) is 20.1. The largest absolute Gasteiger partial charge is 0.375 e. The highest BCUT2D eigenvalue weighted by atomic mass is 127. The summed E-state index contributed by atoms with van der Waals surface area (Å²) in [6.45, 7) is 1.87. The topological polar surface area (TPSA) is 75.0 Å². The van der Waals surface area contributed by atoms with Gasteiger partial charge in [-0.15, -0.1) is 24.0 Å². The Labute approximate surface area is 186 Å². The lowest BCUT2D eigenvalue weighted by molar-refractivity contribution is -0.120. The van der Waals surface area contributed by atoms with Crippen LogP contribution in [-0.4, -0.2) is 66.9 Å². The van der Waals surface area contributed by atoms with Gasteiger partial charge >= 0.3 is 0 Å². The van der Waals surface area contributed by atoms with Gasteiger partial charge in [-0.1, -0.05) is 12.1 Å². The highest BCUT2D eigenvalue weighted by Gasteiger charge is 2.28. The third-order valence-electron chi connectivity index (χ3n) is 4.71. The van der Waals surface area contributed by atoms with Gasteiger partial charge in [0.1, 0.15) is 12.4 Å². The number of hydrogen-bond donors (Lipinski definition) is 1. The van der Waals surface area contributed by atoms with Gasteiger partial charge in [0, 0.05) is 47.0 Å². The van der Waals surface area contributed by atoms with E-state index >= 15 is 0 Å². The maximum absolute atomic E-state index is 13.1. The standard InChI is InChI=1S/C19H25FN6O2.HI/c1-21-19(22-11-17(28-3)14-4-6-15(20)7-5-14)25-8-9-26(18(27)13-25)16-10-23-24(2)12-16;/h4-7,10,12,17H,8-9,11,13H2,1-3H3,(H,21,22);1H. The molecular formula is C19H26FIN6O2. The third-order valence-corrected chi connectivity index (χ3v) is 4.71. The molecule has 10 heteroatoms. The van der Waals surface area contributed by atoms with E-state index in [4.69, 9.17) is 4.74 Å². The molecule has 1 atom stereocenters. The lowest BCUT2D eigenvalue weighted by Crippen LogP contribution is -2.55. The molecule has 3 rings (SSSR count). The number of halogens is 2. The molecule has 2 heterocycles. The number of carbonyl (C=O) groups is 1. The van der Waals surface area contributed by atoms with E-state index in [1.54, 1.807) is 42.1 Å². The number of guanidine groups is 1. The molecule has 158 valence electrons. The summed E-state index contributed by atoms with van der Waals surface area (Å²) in [4.78, 5) is 20.5. The number of benzene rings is 1. The number of ether oxygens (including phenoxy) is 1. The van der Waals surface area contributed by atoms with Crippen molar-refractivity contribution in [2.45, 2.75) is 6.10 Å². The summed E-state index contributed by atoms with van der Waals surface area (Å²) in [7, 11) is 5.11. The molecule has 1 saturated heterocycles. The Balaban J connectivity index is 0.00000300. The van der Waals surface area contributed by atoms with Crippen LogP contribution in [0.15, 0.2) is 41.7 Å². The van der Waals surface area contributed by atoms with Crippen molar-refractivity contribution in [3.63, 3.8) is 0 Å². The van der Waals surface area contributed by atoms with E-state index < -0.39 is 0 Å². The van der Waals surface area contributed by atoms with E-state index in [1.165, 1.54) is 12.1 Å². The number of nitrogens with zero attached hydrogens (tertiary/aromatic N) is 5. The first kappa shape index (κ1) is 23.1. The molecule has 29 heavy (non-hydrogen) atoms. The fourth-order valence-electron chi connectivity index (χ4n) is 3.21. The van der Waals surface area contributed by atoms with Crippen LogP contribution in [-0.2, 0) is 16.6 Å². The van der Waals surface area contributed by atoms with E-state index in [1.807, 2.05) is 18.1 Å². The minimum atomic E-state index is -0.285. The number of anilines is 1. The molecule has 0 saturated carbocycles. The molecule has 1 unspecified atom stereocenters. The molecule has 1 aromatic heterocycles. The first-order chi connectivity index (χ1) is 13.5. The zero-order valence-electron chi connectivity index (χ0n) is 16.7. The number of nitrogens with one attached hydrogen (secondary N) is 1. The van der Waals surface area contributed by atoms with E-state index in [9.17, 15) is 9.18 Å². The number of aromatic nitrogens is 2. The van der Waals surface area contributed by atoms with Gasteiger partial charge in [0.25, 0.3) is 0 Å². The van der Waals surface area contributed by atoms with Crippen molar-refractivity contribution < 1.29 is 13.9 Å². The molecule has 0 aliphatic carbocycles. The van der Waals surface area contributed by atoms with Crippen molar-refractivity contribution >= 4 is 41.5 Å². The van der Waals surface area contributed by atoms with Crippen LogP contribution >= 0.6 is 24.0 Å². The number of amides is 1. The highest BCUT2D eigenvalue weighted by molar-refractivity contribution is 14.0. The Kier molecular flexibility index (Phi) is 8.38. The van der Waals surface area contributed by atoms with Crippen molar-refractivity contribution in [2.75, 3.05) is 45.2 Å². The number of aliphatic imine (C=N–C) groups is 1. The minimum Gasteiger partial charge on any atom is -0.375 e. The summed E-state index contributed by atoms with van der Waals surface area (Å²) in [5.74, 6) is 0.333. The second-order valence-electron chi connectivity index (χ2n) is 6.54. The lowest BCUT2D eigenvalue weighted by atomic mass is 10.1. The van der Waals surface area contributed by atoms with Gasteiger partial charge in [-0.3, -0.25) is 14.5 Å². The second kappa shape index (κ2) is 10.5. The quantitative estimate of drug-likeness (QED) is 0.373. The van der Waals surface area contributed by atoms with Crippen molar-refractivity contribution in [1.82, 2.24) is 20.0 Å². The van der Waals surface area contributed by atoms with Gasteiger partial charge in [0.15, 0.2) is 5.96 Å². The zero-order valence-corrected chi connectivity index (χ0v) is 19.0. The first-order valence-corrected chi connectivity index (χ1v) is 9.04. The number of rotatable bonds is 5. The van der Waals surface area contributed by atoms with Gasteiger partial charge in [-0.25, -0.2) is 4.39 Å². The summed E-state index contributed by atoms with van der Waals surface area (Å²) >= 11 is 0. The SMILES string of the molecule is CN=C(NCC(OC)c1ccc(F)cc1)N1CCN(c2cnn(C)c2)C(=O)C1.I. The summed E-state index contributed by atoms with van der Waals surface area (Å²) in [6.07, 6.45) is 3.25. The van der Waals surface area contributed by atoms with Crippen molar-refractivity contribution in [2.24, 2.45) is 12.0 Å². The Bertz CT molecular complexity index is 841. The molecule has 1 N–H and O–H groups in total. The number of methoxy groups -OCH3 is 1. The number of piperazine rings is 1. The molecule has 0 radical (unpaired) electrons. The number of carbonyl (C=O) groups excluding carboxylic acids is 1. The predicted molar refractivity (Wildman–Crippen MR) is 120 cm³/mol. The van der Waals surface area contributed by atoms with Crippen molar-refractivity contribution in [3.05, 3.63) is 48.0 Å². The van der Waals surface area contributed by atoms with E-state index in [-0.39, 0.29) is 48.3 Å². The maximum atomic E-state index is 13.1. The van der Waals surface area contributed by atoms with Crippen LogP contribution in [0.25, 0.3) is 0 Å². The molecule has 1 aromatic carbocycles. The summed E-state index contributed by atoms with van der Waals surface area (Å²) in [6, 6.07) is 6.22. The monoisotopic (exact) mass is 516 g/mol. The molecule has 1 aliphatic heterocycles. The fraction of sp³-hybridized carbons (Fsp3) is 0.421. The lowest BCUT2D eigenvalue weighted by Gasteiger charge is -2.35. The molecule has 0 bridgehead atoms. The summed E-state index contributed by atoms with van der Waals surface area (Å²) < 4.78 is 20.3. The van der Waals surface area contributed by atoms with Crippen molar-refractivity contribution in [3.8, 4) is 0 Å². The van der Waals surface area contributed by atoms with E-state index in [0.717, 1.165) is 11.3 Å². The Morgan fingerprint density at radius 1 is 1.34 bits per heavy atom. The van der Waals surface area contributed by atoms with Crippen LogP contribution < -0.4 is 10.2 Å². The molecule has 1 fully saturated rings. The van der Waals surface area contributed by atoms with Crippen LogP contribution in [0.3, 0.4) is 0 Å². The maximum Gasteiger partial charge on any atom is 0.246 e. The second-order valence-corrected chi connectivity index (χ2v) is 6.54. The average Bonchev–Trinajstić information content (AvgIpc) is 3.12. The molecule has 8 nitrogen and oxygen atoms in total. The molecule has 1 aliphatic rings. The van der Waals surface area contributed by atoms with E-state index in [2.05, 4.69) is 15.4 Å². The Morgan fingerprint density at radius 2 is 2.07 bits per heavy atom. The number of aryl methyl sites for hydroxylation is 1. The smallest absolute Gasteiger partial charge is 0.246 e. The predicted octanol–water partition coefficient (Wildman–Crippen LogP) is 1.79. The van der Waals surface area contributed by atoms with Gasteiger partial charge in [-0.2, -0.15) is 5.10 Å². The Hall–Kier alpha value is -2.21. The van der Waals surface area contributed by atoms with E-state index in [0.29, 0.717) is 25.6 Å². The third kappa shape index (κ3) is 5.66. The number of hydrogen-bond acceptors (Lipinski definition) is 4. The van der Waals surface area contributed by atoms with Crippen LogP contribution in [0.2, 0.25) is 0 Å². The van der Waals surface area contributed by atoms with Gasteiger partial charge in [0.05, 0.1) is 18.0 Å². The first-order valence-electron chi connectivity index (χ1n) is 9.04. The normalized spacial score (nSPS) is 15.9. The Morgan fingerprint density at radius 3 is 2.62 bits per heavy atom. The summed E-state index contributed by atoms with van der Waals surface area (Å²) in [5.41, 5.74) is 1.66. The van der Waals surface area contributed by atoms with Crippen LogP contribution in [0.5, 0.6) is 0 Å². The average molecular weight is 516 g/mol. The molecule has 1 amide bonds. The molecule has 2 aromatic rings. The molecular weight excluding hydrogens is 490 g/mol. The minimum absolute atomic E-state index is 0. The van der Waals surface area contributed by atoms with Crippen LogP contribution in [0.1, 0.15) is 11.7 Å². The van der Waals surface area contributed by atoms with Gasteiger partial charge in [0.2, 0.25) is 5.91 Å².